The van der Waals surface area contributed by atoms with Gasteiger partial charge < -0.3 is 24.8 Å². The third-order valence-electron chi connectivity index (χ3n) is 11.5. The Hall–Kier alpha value is -2.83. The number of fused-ring (bicyclic) bond motifs is 5. The van der Waals surface area contributed by atoms with E-state index in [-0.39, 0.29) is 35.6 Å². The number of aryl methyl sites for hydroxylation is 1. The van der Waals surface area contributed by atoms with Crippen molar-refractivity contribution in [2.45, 2.75) is 76.8 Å². The van der Waals surface area contributed by atoms with Crippen LogP contribution in [0.3, 0.4) is 0 Å². The van der Waals surface area contributed by atoms with Crippen LogP contribution in [0.15, 0.2) is 106 Å². The first-order valence-corrected chi connectivity index (χ1v) is 21.4. The maximum atomic E-state index is 2.80. The van der Waals surface area contributed by atoms with Gasteiger partial charge in [0, 0.05) is 0 Å². The third kappa shape index (κ3) is 5.73. The fourth-order valence-electron chi connectivity index (χ4n) is 9.31. The van der Waals surface area contributed by atoms with E-state index < -0.39 is 21.3 Å². The zero-order valence-electron chi connectivity index (χ0n) is 30.2. The molecule has 4 aliphatic rings. The van der Waals surface area contributed by atoms with Crippen LogP contribution in [-0.4, -0.2) is 3.71 Å². The van der Waals surface area contributed by atoms with Crippen molar-refractivity contribution in [2.75, 3.05) is 0 Å². The first kappa shape index (κ1) is 36.0. The van der Waals surface area contributed by atoms with Crippen LogP contribution < -0.4 is 24.8 Å². The van der Waals surface area contributed by atoms with E-state index in [9.17, 15) is 0 Å². The quantitative estimate of drug-likeness (QED) is 0.242. The Balaban J connectivity index is 0.00000208. The molecule has 1 unspecified atom stereocenters. The van der Waals surface area contributed by atoms with Crippen molar-refractivity contribution in [3.8, 4) is 11.1 Å². The topological polar surface area (TPSA) is 0 Å². The predicted molar refractivity (Wildman–Crippen MR) is 200 cm³/mol. The minimum atomic E-state index is -2.69. The molecule has 0 heterocycles. The second kappa shape index (κ2) is 12.7. The van der Waals surface area contributed by atoms with E-state index in [0.29, 0.717) is 9.54 Å². The summed E-state index contributed by atoms with van der Waals surface area (Å²) in [7, 11) is 0. The van der Waals surface area contributed by atoms with Crippen molar-refractivity contribution in [1.29, 1.82) is 0 Å². The summed E-state index contributed by atoms with van der Waals surface area (Å²) in [5, 5.41) is 0. The molecule has 0 saturated heterocycles. The molecule has 0 fully saturated rings. The Morgan fingerprint density at radius 2 is 1.14 bits per heavy atom. The minimum Gasteiger partial charge on any atom is -1.00 e. The number of halogens is 2. The molecule has 0 bridgehead atoms. The number of allylic oxidation sites excluding steroid dienone is 8. The first-order chi connectivity index (χ1) is 22.3. The fraction of sp³-hybridized carbons (Fsp3) is 0.283. The van der Waals surface area contributed by atoms with Crippen molar-refractivity contribution < 1.29 is 46.1 Å². The average Bonchev–Trinajstić information content (AvgIpc) is 3.66. The van der Waals surface area contributed by atoms with E-state index in [0.717, 1.165) is 0 Å². The smallest absolute Gasteiger partial charge is 1.00 e. The number of rotatable bonds is 4. The van der Waals surface area contributed by atoms with Gasteiger partial charge in [-0.3, -0.25) is 0 Å². The molecule has 0 aromatic heterocycles. The monoisotopic (exact) mass is 758 g/mol. The van der Waals surface area contributed by atoms with E-state index in [1.165, 1.54) is 72.4 Å². The van der Waals surface area contributed by atoms with Gasteiger partial charge in [0.2, 0.25) is 0 Å². The molecule has 1 atom stereocenters. The van der Waals surface area contributed by atoms with E-state index in [2.05, 4.69) is 163 Å². The van der Waals surface area contributed by atoms with Gasteiger partial charge in [0.05, 0.1) is 0 Å². The molecule has 0 radical (unpaired) electrons. The molecule has 0 saturated carbocycles. The summed E-state index contributed by atoms with van der Waals surface area (Å²) in [4.78, 5) is 0. The zero-order valence-corrected chi connectivity index (χ0v) is 34.2. The standard InChI is InChI=1S/C25H25.C13H13.C8H8.2ClH.Zr/c1-14-12-24(3,4)22-8-16-7-17-9-23-19(15(2)13-25(23,5)6)11-21(17)20(16)10-18(14)22;1-10-8-11(2)13(9-10)12-6-4-3-5-7-12;1-7-3-5-8(2)6-4-7;;;/h7-13H,1-6H3;3-7,9-10H,1-2H3;1,3-6H,2H3;2*1H;/q;;;;;+2/p-2. The summed E-state index contributed by atoms with van der Waals surface area (Å²) in [6, 6.07) is 30.9. The molecule has 4 aromatic rings. The minimum absolute atomic E-state index is 0. The molecule has 0 spiro atoms. The van der Waals surface area contributed by atoms with E-state index in [1.807, 2.05) is 0 Å². The third-order valence-corrected chi connectivity index (χ3v) is 19.7. The summed E-state index contributed by atoms with van der Waals surface area (Å²) in [5.74, 6) is 0.429. The van der Waals surface area contributed by atoms with Gasteiger partial charge in [-0.15, -0.1) is 0 Å². The SMILES string of the molecule is CC1=CC(C)(C)c2cc3c(cc21)-c1cc2c(cc1[CH]3/[Zr+2](=[CH]/c1ccc(C)cc1)[C]1=C(C)C(c3ccccc3)=CC1C)C(C)(C)C=C2C.[Cl-].[Cl-]. The van der Waals surface area contributed by atoms with Crippen LogP contribution in [0.1, 0.15) is 109 Å². The summed E-state index contributed by atoms with van der Waals surface area (Å²) in [6.45, 7) is 21.3. The molecule has 0 nitrogen and oxygen atoms in total. The van der Waals surface area contributed by atoms with Crippen LogP contribution in [0.4, 0.5) is 0 Å². The molecule has 0 aliphatic heterocycles. The van der Waals surface area contributed by atoms with Gasteiger partial charge in [-0.1, -0.05) is 0 Å². The van der Waals surface area contributed by atoms with Crippen LogP contribution >= 0.6 is 0 Å². The Labute approximate surface area is 314 Å². The summed E-state index contributed by atoms with van der Waals surface area (Å²) in [6.07, 6.45) is 7.54. The van der Waals surface area contributed by atoms with Crippen molar-refractivity contribution >= 4 is 20.4 Å². The van der Waals surface area contributed by atoms with Crippen molar-refractivity contribution in [1.82, 2.24) is 0 Å². The number of hydrogen-bond acceptors (Lipinski definition) is 0. The van der Waals surface area contributed by atoms with Gasteiger partial charge in [-0.05, 0) is 0 Å². The second-order valence-corrected chi connectivity index (χ2v) is 21.5. The molecule has 4 aromatic carbocycles. The number of benzene rings is 4. The van der Waals surface area contributed by atoms with Crippen LogP contribution in [0.2, 0.25) is 0 Å². The molecule has 0 N–H and O–H groups in total. The van der Waals surface area contributed by atoms with E-state index >= 15 is 0 Å². The summed E-state index contributed by atoms with van der Waals surface area (Å²) < 4.78 is 4.97. The Bertz CT molecular complexity index is 2080. The summed E-state index contributed by atoms with van der Waals surface area (Å²) in [5.41, 5.74) is 21.9. The van der Waals surface area contributed by atoms with Gasteiger partial charge >= 0.3 is 292 Å². The zero-order chi connectivity index (χ0) is 33.0. The maximum Gasteiger partial charge on any atom is -1.00 e. The van der Waals surface area contributed by atoms with Crippen molar-refractivity contribution in [3.05, 3.63) is 156 Å². The Kier molecular flexibility index (Phi) is 9.36. The molecule has 3 heteroatoms. The fourth-order valence-corrected chi connectivity index (χ4v) is 17.9. The van der Waals surface area contributed by atoms with Crippen LogP contribution in [0.5, 0.6) is 0 Å². The Morgan fingerprint density at radius 3 is 1.65 bits per heavy atom. The molecule has 8 rings (SSSR count). The predicted octanol–water partition coefficient (Wildman–Crippen LogP) is 5.94. The molecule has 0 amide bonds. The second-order valence-electron chi connectivity index (χ2n) is 15.8. The van der Waals surface area contributed by atoms with Crippen LogP contribution in [0.25, 0.3) is 27.8 Å². The molecular formula is C46H46Cl2Zr. The van der Waals surface area contributed by atoms with Crippen LogP contribution in [0, 0.1) is 12.8 Å². The largest absolute Gasteiger partial charge is 1.00 e. The average molecular weight is 761 g/mol. The van der Waals surface area contributed by atoms with E-state index in [1.54, 1.807) is 14.4 Å². The first-order valence-electron chi connectivity index (χ1n) is 17.4. The van der Waals surface area contributed by atoms with Gasteiger partial charge in [0.1, 0.15) is 0 Å². The van der Waals surface area contributed by atoms with Gasteiger partial charge in [0.25, 0.3) is 0 Å². The van der Waals surface area contributed by atoms with E-state index in [4.69, 9.17) is 0 Å². The van der Waals surface area contributed by atoms with Gasteiger partial charge in [-0.25, -0.2) is 0 Å². The van der Waals surface area contributed by atoms with Crippen molar-refractivity contribution in [3.63, 3.8) is 0 Å². The van der Waals surface area contributed by atoms with Crippen LogP contribution in [-0.2, 0) is 32.1 Å². The maximum absolute atomic E-state index is 2.80. The Morgan fingerprint density at radius 1 is 0.633 bits per heavy atom. The summed E-state index contributed by atoms with van der Waals surface area (Å²) >= 11 is -2.69. The number of hydrogen-bond donors (Lipinski definition) is 0. The molecular weight excluding hydrogens is 715 g/mol. The molecule has 248 valence electrons. The molecule has 49 heavy (non-hydrogen) atoms. The van der Waals surface area contributed by atoms with Gasteiger partial charge in [-0.2, -0.15) is 0 Å². The van der Waals surface area contributed by atoms with Gasteiger partial charge in [0.15, 0.2) is 0 Å². The van der Waals surface area contributed by atoms with Crippen molar-refractivity contribution in [2.24, 2.45) is 5.92 Å². The normalized spacial score (nSPS) is 19.3. The molecule has 4 aliphatic carbocycles.